The number of fused-ring (bicyclic) bond motifs is 1. The summed E-state index contributed by atoms with van der Waals surface area (Å²) in [7, 11) is 0. The van der Waals surface area contributed by atoms with Gasteiger partial charge in [-0.3, -0.25) is 0 Å². The summed E-state index contributed by atoms with van der Waals surface area (Å²) in [4.78, 5) is 15.3. The number of aromatic nitrogens is 3. The molecule has 0 spiro atoms. The standard InChI is InChI=1S/C13H9BrN4O2/c14-9-3-1-2-8-7(9)4-5-16-12(8)18-6-10(15)11(17-18)13(19)20/h1-6H,15H2,(H,19,20). The van der Waals surface area contributed by atoms with Crippen molar-refractivity contribution >= 4 is 38.4 Å². The summed E-state index contributed by atoms with van der Waals surface area (Å²) >= 11 is 3.47. The van der Waals surface area contributed by atoms with Crippen LogP contribution in [0.3, 0.4) is 0 Å². The second kappa shape index (κ2) is 4.61. The Morgan fingerprint density at radius 3 is 2.80 bits per heavy atom. The fourth-order valence-electron chi connectivity index (χ4n) is 2.00. The van der Waals surface area contributed by atoms with Gasteiger partial charge in [-0.15, -0.1) is 0 Å². The van der Waals surface area contributed by atoms with Gasteiger partial charge in [0.25, 0.3) is 0 Å². The van der Waals surface area contributed by atoms with Gasteiger partial charge in [-0.1, -0.05) is 28.1 Å². The van der Waals surface area contributed by atoms with E-state index in [0.717, 1.165) is 15.2 Å². The van der Waals surface area contributed by atoms with E-state index in [0.29, 0.717) is 5.82 Å². The predicted molar refractivity (Wildman–Crippen MR) is 77.9 cm³/mol. The van der Waals surface area contributed by atoms with Crippen LogP contribution in [0.1, 0.15) is 10.5 Å². The zero-order valence-electron chi connectivity index (χ0n) is 10.1. The van der Waals surface area contributed by atoms with E-state index in [9.17, 15) is 4.79 Å². The molecule has 100 valence electrons. The van der Waals surface area contributed by atoms with Crippen molar-refractivity contribution in [2.75, 3.05) is 5.73 Å². The topological polar surface area (TPSA) is 94.0 Å². The lowest BCUT2D eigenvalue weighted by Gasteiger charge is -2.06. The first kappa shape index (κ1) is 12.6. The Labute approximate surface area is 122 Å². The number of pyridine rings is 1. The average molecular weight is 333 g/mol. The molecule has 0 aliphatic heterocycles. The molecule has 1 aromatic carbocycles. The van der Waals surface area contributed by atoms with Crippen LogP contribution in [-0.4, -0.2) is 25.8 Å². The number of hydrogen-bond donors (Lipinski definition) is 2. The van der Waals surface area contributed by atoms with Crippen molar-refractivity contribution < 1.29 is 9.90 Å². The van der Waals surface area contributed by atoms with Gasteiger partial charge in [-0.05, 0) is 12.1 Å². The number of hydrogen-bond acceptors (Lipinski definition) is 4. The van der Waals surface area contributed by atoms with E-state index in [-0.39, 0.29) is 11.4 Å². The maximum atomic E-state index is 11.0. The minimum Gasteiger partial charge on any atom is -0.476 e. The molecule has 0 saturated carbocycles. The summed E-state index contributed by atoms with van der Waals surface area (Å²) < 4.78 is 2.31. The Hall–Kier alpha value is -2.41. The first-order chi connectivity index (χ1) is 9.58. The second-order valence-corrected chi connectivity index (χ2v) is 5.01. The fraction of sp³-hybridized carbons (Fsp3) is 0. The monoisotopic (exact) mass is 332 g/mol. The fourth-order valence-corrected chi connectivity index (χ4v) is 2.50. The molecule has 20 heavy (non-hydrogen) atoms. The SMILES string of the molecule is Nc1cn(-c2nccc3c(Br)cccc23)nc1C(=O)O. The van der Waals surface area contributed by atoms with Crippen LogP contribution in [0.15, 0.2) is 41.1 Å². The summed E-state index contributed by atoms with van der Waals surface area (Å²) in [6, 6.07) is 7.56. The van der Waals surface area contributed by atoms with Gasteiger partial charge < -0.3 is 10.8 Å². The van der Waals surface area contributed by atoms with Crippen LogP contribution in [-0.2, 0) is 0 Å². The van der Waals surface area contributed by atoms with Crippen molar-refractivity contribution in [2.24, 2.45) is 0 Å². The lowest BCUT2D eigenvalue weighted by Crippen LogP contribution is -2.04. The van der Waals surface area contributed by atoms with Crippen LogP contribution >= 0.6 is 15.9 Å². The highest BCUT2D eigenvalue weighted by Gasteiger charge is 2.16. The predicted octanol–water partition coefficient (Wildman–Crippen LogP) is 2.46. The number of benzene rings is 1. The van der Waals surface area contributed by atoms with Gasteiger partial charge in [0, 0.05) is 21.4 Å². The first-order valence-electron chi connectivity index (χ1n) is 5.70. The minimum atomic E-state index is -1.16. The molecular formula is C13H9BrN4O2. The van der Waals surface area contributed by atoms with Gasteiger partial charge in [-0.2, -0.15) is 5.10 Å². The molecule has 2 heterocycles. The van der Waals surface area contributed by atoms with E-state index in [1.807, 2.05) is 24.3 Å². The third kappa shape index (κ3) is 1.92. The lowest BCUT2D eigenvalue weighted by atomic mass is 10.1. The van der Waals surface area contributed by atoms with Gasteiger partial charge in [0.2, 0.25) is 0 Å². The van der Waals surface area contributed by atoms with E-state index in [1.165, 1.54) is 10.9 Å². The van der Waals surface area contributed by atoms with Crippen molar-refractivity contribution in [1.82, 2.24) is 14.8 Å². The molecule has 0 bridgehead atoms. The van der Waals surface area contributed by atoms with Crippen LogP contribution in [0.5, 0.6) is 0 Å². The van der Waals surface area contributed by atoms with Gasteiger partial charge in [0.1, 0.15) is 0 Å². The molecule has 0 aliphatic carbocycles. The molecule has 3 rings (SSSR count). The highest BCUT2D eigenvalue weighted by Crippen LogP contribution is 2.27. The molecule has 7 heteroatoms. The Kier molecular flexibility index (Phi) is 2.90. The van der Waals surface area contributed by atoms with E-state index >= 15 is 0 Å². The Bertz CT molecular complexity index is 828. The van der Waals surface area contributed by atoms with Gasteiger partial charge in [0.15, 0.2) is 11.5 Å². The van der Waals surface area contributed by atoms with Crippen molar-refractivity contribution in [3.05, 3.63) is 46.8 Å². The molecule has 3 aromatic rings. The molecule has 6 nitrogen and oxygen atoms in total. The van der Waals surface area contributed by atoms with Crippen LogP contribution < -0.4 is 5.73 Å². The summed E-state index contributed by atoms with van der Waals surface area (Å²) in [5.41, 5.74) is 5.57. The van der Waals surface area contributed by atoms with Crippen molar-refractivity contribution in [3.63, 3.8) is 0 Å². The van der Waals surface area contributed by atoms with E-state index in [1.54, 1.807) is 6.20 Å². The molecule has 0 aliphatic rings. The maximum absolute atomic E-state index is 11.0. The number of nitrogens with zero attached hydrogens (tertiary/aromatic N) is 3. The van der Waals surface area contributed by atoms with Gasteiger partial charge in [-0.25, -0.2) is 14.5 Å². The molecular weight excluding hydrogens is 324 g/mol. The Morgan fingerprint density at radius 2 is 2.10 bits per heavy atom. The zero-order valence-corrected chi connectivity index (χ0v) is 11.7. The number of carboxylic acid groups (broad SMARTS) is 1. The third-order valence-corrected chi connectivity index (χ3v) is 3.59. The third-order valence-electron chi connectivity index (χ3n) is 2.89. The normalized spacial score (nSPS) is 10.8. The average Bonchev–Trinajstić information content (AvgIpc) is 2.81. The molecule has 0 amide bonds. The quantitative estimate of drug-likeness (QED) is 0.751. The molecule has 2 aromatic heterocycles. The smallest absolute Gasteiger partial charge is 0.358 e. The highest BCUT2D eigenvalue weighted by atomic mass is 79.9. The summed E-state index contributed by atoms with van der Waals surface area (Å²) in [6.45, 7) is 0. The maximum Gasteiger partial charge on any atom is 0.358 e. The number of anilines is 1. The summed E-state index contributed by atoms with van der Waals surface area (Å²) in [5, 5.41) is 14.8. The van der Waals surface area contributed by atoms with Crippen LogP contribution in [0.4, 0.5) is 5.69 Å². The number of nitrogens with two attached hydrogens (primary N) is 1. The number of aromatic carboxylic acids is 1. The van der Waals surface area contributed by atoms with Crippen molar-refractivity contribution in [3.8, 4) is 5.82 Å². The first-order valence-corrected chi connectivity index (χ1v) is 6.49. The number of nitrogen functional groups attached to an aromatic ring is 1. The minimum absolute atomic E-state index is 0.103. The number of carboxylic acids is 1. The van der Waals surface area contributed by atoms with Gasteiger partial charge >= 0.3 is 5.97 Å². The number of rotatable bonds is 2. The molecule has 0 saturated heterocycles. The van der Waals surface area contributed by atoms with E-state index in [2.05, 4.69) is 26.0 Å². The molecule has 0 atom stereocenters. The van der Waals surface area contributed by atoms with E-state index in [4.69, 9.17) is 10.8 Å². The second-order valence-electron chi connectivity index (χ2n) is 4.15. The van der Waals surface area contributed by atoms with Crippen LogP contribution in [0.2, 0.25) is 0 Å². The number of halogens is 1. The van der Waals surface area contributed by atoms with Crippen LogP contribution in [0.25, 0.3) is 16.6 Å². The summed E-state index contributed by atoms with van der Waals surface area (Å²) in [5.74, 6) is -0.634. The highest BCUT2D eigenvalue weighted by molar-refractivity contribution is 9.10. The molecule has 0 fully saturated rings. The molecule has 0 radical (unpaired) electrons. The summed E-state index contributed by atoms with van der Waals surface area (Å²) in [6.07, 6.45) is 3.09. The van der Waals surface area contributed by atoms with Gasteiger partial charge in [0.05, 0.1) is 11.9 Å². The molecule has 0 unspecified atom stereocenters. The van der Waals surface area contributed by atoms with E-state index < -0.39 is 5.97 Å². The zero-order chi connectivity index (χ0) is 14.3. The Morgan fingerprint density at radius 1 is 1.30 bits per heavy atom. The largest absolute Gasteiger partial charge is 0.476 e. The Balaban J connectivity index is 2.27. The van der Waals surface area contributed by atoms with Crippen molar-refractivity contribution in [1.29, 1.82) is 0 Å². The molecule has 3 N–H and O–H groups in total. The number of carbonyl (C=O) groups is 1. The lowest BCUT2D eigenvalue weighted by molar-refractivity contribution is 0.0691. The van der Waals surface area contributed by atoms with Crippen molar-refractivity contribution in [2.45, 2.75) is 0 Å². The van der Waals surface area contributed by atoms with Crippen LogP contribution in [0, 0.1) is 0 Å².